The van der Waals surface area contributed by atoms with E-state index in [0.717, 1.165) is 24.3 Å². The van der Waals surface area contributed by atoms with Gasteiger partial charge in [-0.05, 0) is 17.7 Å². The van der Waals surface area contributed by atoms with Crippen molar-refractivity contribution in [3.63, 3.8) is 0 Å². The summed E-state index contributed by atoms with van der Waals surface area (Å²) >= 11 is 0. The lowest BCUT2D eigenvalue weighted by Gasteiger charge is -2.06. The van der Waals surface area contributed by atoms with E-state index in [1.54, 1.807) is 6.07 Å². The van der Waals surface area contributed by atoms with Crippen LogP contribution in [-0.4, -0.2) is 6.54 Å². The van der Waals surface area contributed by atoms with Crippen molar-refractivity contribution >= 4 is 11.4 Å². The molecule has 0 fully saturated rings. The van der Waals surface area contributed by atoms with Gasteiger partial charge in [-0.3, -0.25) is 0 Å². The molecule has 1 aromatic carbocycles. The zero-order valence-electron chi connectivity index (χ0n) is 7.59. The molecule has 0 aliphatic rings. The van der Waals surface area contributed by atoms with Gasteiger partial charge >= 0.3 is 0 Å². The van der Waals surface area contributed by atoms with Gasteiger partial charge in [-0.1, -0.05) is 12.1 Å². The number of rotatable bonds is 4. The van der Waals surface area contributed by atoms with Gasteiger partial charge in [0, 0.05) is 24.5 Å². The molecule has 70 valence electrons. The second-order valence-corrected chi connectivity index (χ2v) is 2.88. The summed E-state index contributed by atoms with van der Waals surface area (Å²) in [4.78, 5) is 0. The number of anilines is 2. The van der Waals surface area contributed by atoms with Gasteiger partial charge in [0.25, 0.3) is 0 Å². The van der Waals surface area contributed by atoms with Crippen LogP contribution in [0.15, 0.2) is 30.9 Å². The average molecular weight is 177 g/mol. The largest absolute Gasteiger partial charge is 0.399 e. The number of hydrogen-bond donors (Lipinski definition) is 3. The van der Waals surface area contributed by atoms with Crippen molar-refractivity contribution in [2.24, 2.45) is 0 Å². The highest BCUT2D eigenvalue weighted by Gasteiger charge is 1.97. The first-order chi connectivity index (χ1) is 6.24. The highest BCUT2D eigenvalue weighted by molar-refractivity contribution is 5.56. The Morgan fingerprint density at radius 3 is 2.77 bits per heavy atom. The van der Waals surface area contributed by atoms with E-state index >= 15 is 0 Å². The topological polar surface area (TPSA) is 64.1 Å². The Labute approximate surface area is 78.4 Å². The summed E-state index contributed by atoms with van der Waals surface area (Å²) in [6, 6.07) is 5.55. The normalized spacial score (nSPS) is 9.85. The Balaban J connectivity index is 2.61. The number of benzene rings is 1. The third kappa shape index (κ3) is 2.80. The molecule has 13 heavy (non-hydrogen) atoms. The van der Waals surface area contributed by atoms with Crippen molar-refractivity contribution in [2.45, 2.75) is 6.54 Å². The van der Waals surface area contributed by atoms with Gasteiger partial charge < -0.3 is 16.8 Å². The smallest absolute Gasteiger partial charge is 0.0380 e. The van der Waals surface area contributed by atoms with Crippen molar-refractivity contribution in [1.82, 2.24) is 5.32 Å². The Kier molecular flexibility index (Phi) is 3.34. The second kappa shape index (κ2) is 4.52. The summed E-state index contributed by atoms with van der Waals surface area (Å²) in [6.07, 6.45) is 1.81. The zero-order valence-corrected chi connectivity index (χ0v) is 7.59. The SMILES string of the molecule is C=CCNCc1ccc(N)cc1N. The molecule has 0 radical (unpaired) electrons. The Morgan fingerprint density at radius 2 is 2.15 bits per heavy atom. The summed E-state index contributed by atoms with van der Waals surface area (Å²) in [6.45, 7) is 5.14. The summed E-state index contributed by atoms with van der Waals surface area (Å²) in [5, 5.41) is 3.17. The Bertz CT molecular complexity index is 294. The second-order valence-electron chi connectivity index (χ2n) is 2.88. The van der Waals surface area contributed by atoms with E-state index in [-0.39, 0.29) is 0 Å². The standard InChI is InChI=1S/C10H15N3/c1-2-5-13-7-8-3-4-9(11)6-10(8)12/h2-4,6,13H,1,5,7,11-12H2. The highest BCUT2D eigenvalue weighted by atomic mass is 14.8. The maximum Gasteiger partial charge on any atom is 0.0380 e. The first-order valence-corrected chi connectivity index (χ1v) is 4.19. The van der Waals surface area contributed by atoms with E-state index in [9.17, 15) is 0 Å². The third-order valence-electron chi connectivity index (χ3n) is 1.77. The molecular weight excluding hydrogens is 162 g/mol. The number of nitrogens with two attached hydrogens (primary N) is 2. The van der Waals surface area contributed by atoms with Gasteiger partial charge in [-0.25, -0.2) is 0 Å². The molecule has 3 nitrogen and oxygen atoms in total. The molecule has 0 atom stereocenters. The van der Waals surface area contributed by atoms with E-state index in [1.807, 2.05) is 18.2 Å². The maximum atomic E-state index is 5.76. The van der Waals surface area contributed by atoms with Crippen molar-refractivity contribution in [2.75, 3.05) is 18.0 Å². The first-order valence-electron chi connectivity index (χ1n) is 4.19. The summed E-state index contributed by atoms with van der Waals surface area (Å²) in [7, 11) is 0. The lowest BCUT2D eigenvalue weighted by molar-refractivity contribution is 0.762. The molecule has 0 saturated heterocycles. The molecule has 0 spiro atoms. The van der Waals surface area contributed by atoms with Crippen molar-refractivity contribution in [1.29, 1.82) is 0 Å². The molecule has 0 aliphatic carbocycles. The van der Waals surface area contributed by atoms with Gasteiger partial charge in [0.15, 0.2) is 0 Å². The fourth-order valence-corrected chi connectivity index (χ4v) is 1.08. The minimum atomic E-state index is 0.699. The van der Waals surface area contributed by atoms with Crippen LogP contribution in [0, 0.1) is 0 Å². The molecule has 0 heterocycles. The molecule has 0 unspecified atom stereocenters. The zero-order chi connectivity index (χ0) is 9.68. The molecule has 0 bridgehead atoms. The molecule has 3 heteroatoms. The molecule has 5 N–H and O–H groups in total. The Hall–Kier alpha value is -1.48. The van der Waals surface area contributed by atoms with Gasteiger partial charge in [-0.15, -0.1) is 6.58 Å². The fourth-order valence-electron chi connectivity index (χ4n) is 1.08. The van der Waals surface area contributed by atoms with Gasteiger partial charge in [-0.2, -0.15) is 0 Å². The molecule has 1 rings (SSSR count). The van der Waals surface area contributed by atoms with E-state index in [0.29, 0.717) is 5.69 Å². The number of nitrogens with one attached hydrogen (secondary N) is 1. The van der Waals surface area contributed by atoms with E-state index in [4.69, 9.17) is 11.5 Å². The quantitative estimate of drug-likeness (QED) is 0.367. The van der Waals surface area contributed by atoms with Crippen LogP contribution in [0.2, 0.25) is 0 Å². The monoisotopic (exact) mass is 177 g/mol. The molecule has 0 amide bonds. The van der Waals surface area contributed by atoms with Crippen LogP contribution in [0.25, 0.3) is 0 Å². The van der Waals surface area contributed by atoms with Gasteiger partial charge in [0.2, 0.25) is 0 Å². The van der Waals surface area contributed by atoms with Crippen molar-refractivity contribution in [3.05, 3.63) is 36.4 Å². The van der Waals surface area contributed by atoms with Crippen LogP contribution < -0.4 is 16.8 Å². The van der Waals surface area contributed by atoms with E-state index in [1.165, 1.54) is 0 Å². The summed E-state index contributed by atoms with van der Waals surface area (Å²) in [5.74, 6) is 0. The summed E-state index contributed by atoms with van der Waals surface area (Å²) < 4.78 is 0. The molecule has 0 saturated carbocycles. The molecule has 1 aromatic rings. The lowest BCUT2D eigenvalue weighted by atomic mass is 10.1. The minimum Gasteiger partial charge on any atom is -0.399 e. The van der Waals surface area contributed by atoms with Crippen LogP contribution >= 0.6 is 0 Å². The van der Waals surface area contributed by atoms with Crippen LogP contribution in [0.4, 0.5) is 11.4 Å². The average Bonchev–Trinajstić information content (AvgIpc) is 2.09. The number of nitrogen functional groups attached to an aromatic ring is 2. The van der Waals surface area contributed by atoms with Crippen LogP contribution in [-0.2, 0) is 6.54 Å². The van der Waals surface area contributed by atoms with Gasteiger partial charge in [0.1, 0.15) is 0 Å². The molecule has 0 aliphatic heterocycles. The molecular formula is C10H15N3. The predicted octanol–water partition coefficient (Wildman–Crippen LogP) is 1.13. The van der Waals surface area contributed by atoms with E-state index in [2.05, 4.69) is 11.9 Å². The fraction of sp³-hybridized carbons (Fsp3) is 0.200. The van der Waals surface area contributed by atoms with E-state index < -0.39 is 0 Å². The first kappa shape index (κ1) is 9.61. The highest BCUT2D eigenvalue weighted by Crippen LogP contribution is 2.14. The van der Waals surface area contributed by atoms with Crippen molar-refractivity contribution in [3.8, 4) is 0 Å². The predicted molar refractivity (Wildman–Crippen MR) is 57.2 cm³/mol. The minimum absolute atomic E-state index is 0.699. The van der Waals surface area contributed by atoms with Crippen LogP contribution in [0.1, 0.15) is 5.56 Å². The summed E-state index contributed by atoms with van der Waals surface area (Å²) in [5.41, 5.74) is 13.8. The Morgan fingerprint density at radius 1 is 1.38 bits per heavy atom. The molecule has 0 aromatic heterocycles. The van der Waals surface area contributed by atoms with Gasteiger partial charge in [0.05, 0.1) is 0 Å². The van der Waals surface area contributed by atoms with Crippen LogP contribution in [0.5, 0.6) is 0 Å². The number of hydrogen-bond acceptors (Lipinski definition) is 3. The lowest BCUT2D eigenvalue weighted by Crippen LogP contribution is -2.13. The van der Waals surface area contributed by atoms with Crippen molar-refractivity contribution < 1.29 is 0 Å². The maximum absolute atomic E-state index is 5.76. The third-order valence-corrected chi connectivity index (χ3v) is 1.77. The van der Waals surface area contributed by atoms with Crippen LogP contribution in [0.3, 0.4) is 0 Å².